The molecule has 25 heavy (non-hydrogen) atoms. The molecular weight excluding hydrogens is 316 g/mol. The zero-order valence-electron chi connectivity index (χ0n) is 15.9. The molecule has 6 nitrogen and oxygen atoms in total. The van der Waals surface area contributed by atoms with Crippen molar-refractivity contribution in [3.63, 3.8) is 0 Å². The number of amides is 1. The summed E-state index contributed by atoms with van der Waals surface area (Å²) in [6.45, 7) is 11.0. The zero-order chi connectivity index (χ0) is 18.6. The highest BCUT2D eigenvalue weighted by Crippen LogP contribution is 2.21. The van der Waals surface area contributed by atoms with Crippen LogP contribution in [0.1, 0.15) is 62.6 Å². The minimum Gasteiger partial charge on any atom is -0.396 e. The van der Waals surface area contributed by atoms with Crippen molar-refractivity contribution in [3.8, 4) is 0 Å². The SMILES string of the molecule is Cc1cc(C(=O)NCC(CCO)CC(C)C)c2cnn(C(C)C)c2n1. The highest BCUT2D eigenvalue weighted by atomic mass is 16.3. The molecule has 138 valence electrons. The molecule has 0 radical (unpaired) electrons. The molecule has 2 aromatic heterocycles. The van der Waals surface area contributed by atoms with Crippen LogP contribution in [0.25, 0.3) is 11.0 Å². The molecule has 1 amide bonds. The summed E-state index contributed by atoms with van der Waals surface area (Å²) in [5, 5.41) is 17.4. The van der Waals surface area contributed by atoms with Crippen molar-refractivity contribution < 1.29 is 9.90 Å². The van der Waals surface area contributed by atoms with E-state index in [9.17, 15) is 9.90 Å². The van der Waals surface area contributed by atoms with Crippen LogP contribution in [-0.4, -0.2) is 38.9 Å². The molecule has 0 bridgehead atoms. The van der Waals surface area contributed by atoms with Crippen LogP contribution in [0.5, 0.6) is 0 Å². The number of rotatable bonds is 8. The van der Waals surface area contributed by atoms with Gasteiger partial charge in [-0.05, 0) is 51.5 Å². The number of aryl methyl sites for hydroxylation is 1. The lowest BCUT2D eigenvalue weighted by atomic mass is 9.94. The van der Waals surface area contributed by atoms with Crippen LogP contribution in [0.4, 0.5) is 0 Å². The Labute approximate surface area is 149 Å². The smallest absolute Gasteiger partial charge is 0.252 e. The number of carbonyl (C=O) groups excluding carboxylic acids is 1. The van der Waals surface area contributed by atoms with E-state index in [1.165, 1.54) is 0 Å². The number of nitrogens with zero attached hydrogens (tertiary/aromatic N) is 3. The lowest BCUT2D eigenvalue weighted by Crippen LogP contribution is -2.30. The number of carbonyl (C=O) groups is 1. The summed E-state index contributed by atoms with van der Waals surface area (Å²) in [6, 6.07) is 2.00. The second kappa shape index (κ2) is 8.43. The van der Waals surface area contributed by atoms with E-state index in [2.05, 4.69) is 29.2 Å². The fourth-order valence-electron chi connectivity index (χ4n) is 3.19. The Balaban J connectivity index is 2.21. The monoisotopic (exact) mass is 346 g/mol. The fraction of sp³-hybridized carbons (Fsp3) is 0.632. The predicted octanol–water partition coefficient (Wildman–Crippen LogP) is 3.10. The first-order valence-corrected chi connectivity index (χ1v) is 9.07. The summed E-state index contributed by atoms with van der Waals surface area (Å²) in [5.41, 5.74) is 2.16. The van der Waals surface area contributed by atoms with Gasteiger partial charge < -0.3 is 10.4 Å². The molecule has 0 saturated heterocycles. The standard InChI is InChI=1S/C19H30N4O2/c1-12(2)8-15(6-7-24)10-20-19(25)16-9-14(5)22-18-17(16)11-21-23(18)13(3)4/h9,11-13,15,24H,6-8,10H2,1-5H3,(H,20,25). The van der Waals surface area contributed by atoms with Crippen LogP contribution in [0.2, 0.25) is 0 Å². The molecule has 0 fully saturated rings. The molecule has 0 spiro atoms. The molecule has 0 aliphatic carbocycles. The number of nitrogens with one attached hydrogen (secondary N) is 1. The quantitative estimate of drug-likeness (QED) is 0.770. The number of aromatic nitrogens is 3. The summed E-state index contributed by atoms with van der Waals surface area (Å²) in [7, 11) is 0. The van der Waals surface area contributed by atoms with E-state index in [1.54, 1.807) is 6.20 Å². The van der Waals surface area contributed by atoms with Crippen LogP contribution < -0.4 is 5.32 Å². The van der Waals surface area contributed by atoms with Crippen molar-refractivity contribution in [2.24, 2.45) is 11.8 Å². The highest BCUT2D eigenvalue weighted by molar-refractivity contribution is 6.05. The summed E-state index contributed by atoms with van der Waals surface area (Å²) < 4.78 is 1.84. The Hall–Kier alpha value is -1.95. The third kappa shape index (κ3) is 4.78. The summed E-state index contributed by atoms with van der Waals surface area (Å²) in [5.74, 6) is 0.712. The van der Waals surface area contributed by atoms with E-state index in [4.69, 9.17) is 0 Å². The highest BCUT2D eigenvalue weighted by Gasteiger charge is 2.18. The molecule has 2 heterocycles. The van der Waals surface area contributed by atoms with Gasteiger partial charge in [-0.15, -0.1) is 0 Å². The van der Waals surface area contributed by atoms with E-state index < -0.39 is 0 Å². The average Bonchev–Trinajstić information content (AvgIpc) is 2.95. The van der Waals surface area contributed by atoms with Crippen LogP contribution >= 0.6 is 0 Å². The fourth-order valence-corrected chi connectivity index (χ4v) is 3.19. The van der Waals surface area contributed by atoms with Gasteiger partial charge in [0.1, 0.15) is 0 Å². The number of hydrogen-bond acceptors (Lipinski definition) is 4. The Bertz CT molecular complexity index is 722. The van der Waals surface area contributed by atoms with Crippen LogP contribution in [0, 0.1) is 18.8 Å². The molecule has 0 aliphatic rings. The molecule has 2 rings (SSSR count). The normalized spacial score (nSPS) is 13.0. The Kier molecular flexibility index (Phi) is 6.53. The van der Waals surface area contributed by atoms with Gasteiger partial charge in [0, 0.05) is 24.9 Å². The van der Waals surface area contributed by atoms with Crippen LogP contribution in [0.3, 0.4) is 0 Å². The Morgan fingerprint density at radius 1 is 1.32 bits per heavy atom. The molecule has 6 heteroatoms. The predicted molar refractivity (Wildman–Crippen MR) is 99.6 cm³/mol. The first-order valence-electron chi connectivity index (χ1n) is 9.07. The molecule has 0 saturated carbocycles. The number of aliphatic hydroxyl groups is 1. The van der Waals surface area contributed by atoms with Crippen LogP contribution in [-0.2, 0) is 0 Å². The first kappa shape index (κ1) is 19.4. The van der Waals surface area contributed by atoms with Crippen molar-refractivity contribution >= 4 is 16.9 Å². The molecular formula is C19H30N4O2. The van der Waals surface area contributed by atoms with Gasteiger partial charge in [-0.3, -0.25) is 4.79 Å². The summed E-state index contributed by atoms with van der Waals surface area (Å²) >= 11 is 0. The molecule has 0 aromatic carbocycles. The third-order valence-corrected chi connectivity index (χ3v) is 4.32. The lowest BCUT2D eigenvalue weighted by Gasteiger charge is -2.19. The Morgan fingerprint density at radius 3 is 2.64 bits per heavy atom. The van der Waals surface area contributed by atoms with Crippen molar-refractivity contribution in [1.29, 1.82) is 0 Å². The van der Waals surface area contributed by atoms with E-state index >= 15 is 0 Å². The second-order valence-corrected chi connectivity index (χ2v) is 7.45. The second-order valence-electron chi connectivity index (χ2n) is 7.45. The molecule has 1 atom stereocenters. The summed E-state index contributed by atoms with van der Waals surface area (Å²) in [4.78, 5) is 17.3. The summed E-state index contributed by atoms with van der Waals surface area (Å²) in [6.07, 6.45) is 3.40. The maximum Gasteiger partial charge on any atom is 0.252 e. The van der Waals surface area contributed by atoms with Gasteiger partial charge in [-0.25, -0.2) is 9.67 Å². The van der Waals surface area contributed by atoms with Crippen LogP contribution in [0.15, 0.2) is 12.3 Å². The van der Waals surface area contributed by atoms with E-state index in [0.29, 0.717) is 24.4 Å². The van der Waals surface area contributed by atoms with Gasteiger partial charge in [0.15, 0.2) is 5.65 Å². The molecule has 1 unspecified atom stereocenters. The van der Waals surface area contributed by atoms with Crippen molar-refractivity contribution in [3.05, 3.63) is 23.5 Å². The maximum absolute atomic E-state index is 12.7. The zero-order valence-corrected chi connectivity index (χ0v) is 15.9. The molecule has 2 aromatic rings. The first-order chi connectivity index (χ1) is 11.8. The number of aliphatic hydroxyl groups excluding tert-OH is 1. The van der Waals surface area contributed by atoms with Crippen molar-refractivity contribution in [1.82, 2.24) is 20.1 Å². The van der Waals surface area contributed by atoms with Gasteiger partial charge in [0.05, 0.1) is 17.1 Å². The van der Waals surface area contributed by atoms with Crippen molar-refractivity contribution in [2.45, 2.75) is 53.5 Å². The minimum absolute atomic E-state index is 0.106. The maximum atomic E-state index is 12.7. The van der Waals surface area contributed by atoms with Crippen molar-refractivity contribution in [2.75, 3.05) is 13.2 Å². The topological polar surface area (TPSA) is 80.0 Å². The molecule has 2 N–H and O–H groups in total. The number of pyridine rings is 1. The largest absolute Gasteiger partial charge is 0.396 e. The van der Waals surface area contributed by atoms with Gasteiger partial charge in [-0.2, -0.15) is 5.10 Å². The van der Waals surface area contributed by atoms with E-state index in [-0.39, 0.29) is 24.5 Å². The third-order valence-electron chi connectivity index (χ3n) is 4.32. The number of fused-ring (bicyclic) bond motifs is 1. The molecule has 0 aliphatic heterocycles. The van der Waals surface area contributed by atoms with Gasteiger partial charge in [0.2, 0.25) is 0 Å². The van der Waals surface area contributed by atoms with Gasteiger partial charge in [-0.1, -0.05) is 13.8 Å². The van der Waals surface area contributed by atoms with E-state index in [0.717, 1.165) is 23.1 Å². The lowest BCUT2D eigenvalue weighted by molar-refractivity contribution is 0.0943. The number of hydrogen-bond donors (Lipinski definition) is 2. The van der Waals surface area contributed by atoms with Gasteiger partial charge in [0.25, 0.3) is 5.91 Å². The average molecular weight is 346 g/mol. The van der Waals surface area contributed by atoms with E-state index in [1.807, 2.05) is 31.5 Å². The Morgan fingerprint density at radius 2 is 2.04 bits per heavy atom. The van der Waals surface area contributed by atoms with Gasteiger partial charge >= 0.3 is 0 Å². The minimum atomic E-state index is -0.106.